The second-order valence-corrected chi connectivity index (χ2v) is 5.86. The van der Waals surface area contributed by atoms with Crippen LogP contribution in [0.1, 0.15) is 12.0 Å². The van der Waals surface area contributed by atoms with Crippen molar-refractivity contribution < 1.29 is 9.59 Å². The number of hydrogen-bond acceptors (Lipinski definition) is 5. The van der Waals surface area contributed by atoms with Crippen LogP contribution < -0.4 is 10.2 Å². The standard InChI is InChI=1S/C18H21N5O2/c24-16(21-14-15-5-2-1-3-6-15)13-17(25)22-9-11-23(12-10-22)18-19-7-4-8-20-18/h1-8H,9-14H2,(H,21,24). The molecule has 1 N–H and O–H groups in total. The van der Waals surface area contributed by atoms with Gasteiger partial charge in [-0.2, -0.15) is 0 Å². The van der Waals surface area contributed by atoms with E-state index in [0.717, 1.165) is 5.56 Å². The number of hydrogen-bond donors (Lipinski definition) is 1. The van der Waals surface area contributed by atoms with E-state index in [9.17, 15) is 9.59 Å². The molecule has 2 aromatic rings. The van der Waals surface area contributed by atoms with E-state index in [-0.39, 0.29) is 18.2 Å². The van der Waals surface area contributed by atoms with Crippen LogP contribution in [0, 0.1) is 0 Å². The largest absolute Gasteiger partial charge is 0.352 e. The van der Waals surface area contributed by atoms with Crippen molar-refractivity contribution in [3.8, 4) is 0 Å². The smallest absolute Gasteiger partial charge is 0.232 e. The molecule has 0 bridgehead atoms. The van der Waals surface area contributed by atoms with Crippen molar-refractivity contribution in [2.75, 3.05) is 31.1 Å². The Kier molecular flexibility index (Phi) is 5.56. The van der Waals surface area contributed by atoms with Gasteiger partial charge in [0.1, 0.15) is 6.42 Å². The highest BCUT2D eigenvalue weighted by atomic mass is 16.2. The van der Waals surface area contributed by atoms with Crippen LogP contribution in [0.5, 0.6) is 0 Å². The summed E-state index contributed by atoms with van der Waals surface area (Å²) in [6.45, 7) is 2.92. The summed E-state index contributed by atoms with van der Waals surface area (Å²) < 4.78 is 0. The van der Waals surface area contributed by atoms with E-state index in [1.54, 1.807) is 23.4 Å². The zero-order valence-corrected chi connectivity index (χ0v) is 14.0. The molecule has 2 heterocycles. The van der Waals surface area contributed by atoms with E-state index in [2.05, 4.69) is 15.3 Å². The van der Waals surface area contributed by atoms with Gasteiger partial charge >= 0.3 is 0 Å². The summed E-state index contributed by atoms with van der Waals surface area (Å²) >= 11 is 0. The average Bonchev–Trinajstić information content (AvgIpc) is 2.68. The fraction of sp³-hybridized carbons (Fsp3) is 0.333. The molecule has 1 aliphatic rings. The van der Waals surface area contributed by atoms with E-state index in [0.29, 0.717) is 38.7 Å². The van der Waals surface area contributed by atoms with Crippen LogP contribution in [0.3, 0.4) is 0 Å². The zero-order valence-electron chi connectivity index (χ0n) is 14.0. The molecule has 25 heavy (non-hydrogen) atoms. The van der Waals surface area contributed by atoms with Gasteiger partial charge in [0.2, 0.25) is 17.8 Å². The summed E-state index contributed by atoms with van der Waals surface area (Å²) in [5, 5.41) is 2.79. The SMILES string of the molecule is O=C(CC(=O)N1CCN(c2ncccn2)CC1)NCc1ccccc1. The lowest BCUT2D eigenvalue weighted by atomic mass is 10.2. The third kappa shape index (κ3) is 4.76. The predicted molar refractivity (Wildman–Crippen MR) is 93.7 cm³/mol. The quantitative estimate of drug-likeness (QED) is 0.817. The minimum atomic E-state index is -0.248. The minimum Gasteiger partial charge on any atom is -0.352 e. The summed E-state index contributed by atoms with van der Waals surface area (Å²) in [6.07, 6.45) is 3.29. The van der Waals surface area contributed by atoms with Crippen LogP contribution in [0.15, 0.2) is 48.8 Å². The highest BCUT2D eigenvalue weighted by molar-refractivity contribution is 5.96. The molecule has 7 heteroatoms. The number of carbonyl (C=O) groups is 2. The Morgan fingerprint density at radius 3 is 2.32 bits per heavy atom. The predicted octanol–water partition coefficient (Wildman–Crippen LogP) is 0.832. The van der Waals surface area contributed by atoms with Crippen LogP contribution >= 0.6 is 0 Å². The number of anilines is 1. The number of aromatic nitrogens is 2. The maximum Gasteiger partial charge on any atom is 0.232 e. The van der Waals surface area contributed by atoms with E-state index >= 15 is 0 Å². The fourth-order valence-corrected chi connectivity index (χ4v) is 2.72. The highest BCUT2D eigenvalue weighted by Gasteiger charge is 2.23. The molecule has 1 aromatic heterocycles. The van der Waals surface area contributed by atoms with Crippen LogP contribution in [0.25, 0.3) is 0 Å². The van der Waals surface area contributed by atoms with Gasteiger partial charge in [-0.1, -0.05) is 30.3 Å². The van der Waals surface area contributed by atoms with E-state index < -0.39 is 0 Å². The van der Waals surface area contributed by atoms with Crippen molar-refractivity contribution in [1.29, 1.82) is 0 Å². The monoisotopic (exact) mass is 339 g/mol. The number of rotatable bonds is 5. The van der Waals surface area contributed by atoms with Crippen molar-refractivity contribution in [1.82, 2.24) is 20.2 Å². The maximum atomic E-state index is 12.3. The number of carbonyl (C=O) groups excluding carboxylic acids is 2. The van der Waals surface area contributed by atoms with Gasteiger partial charge in [0.15, 0.2) is 0 Å². The zero-order chi connectivity index (χ0) is 17.5. The van der Waals surface area contributed by atoms with Gasteiger partial charge in [0, 0.05) is 45.1 Å². The highest BCUT2D eigenvalue weighted by Crippen LogP contribution is 2.10. The summed E-state index contributed by atoms with van der Waals surface area (Å²) in [6, 6.07) is 11.4. The van der Waals surface area contributed by atoms with Gasteiger partial charge in [-0.15, -0.1) is 0 Å². The van der Waals surface area contributed by atoms with Crippen molar-refractivity contribution in [3.05, 3.63) is 54.4 Å². The number of nitrogens with one attached hydrogen (secondary N) is 1. The Balaban J connectivity index is 1.42. The van der Waals surface area contributed by atoms with Crippen molar-refractivity contribution in [2.24, 2.45) is 0 Å². The van der Waals surface area contributed by atoms with Crippen molar-refractivity contribution >= 4 is 17.8 Å². The molecule has 1 saturated heterocycles. The topological polar surface area (TPSA) is 78.4 Å². The van der Waals surface area contributed by atoms with Crippen LogP contribution in [-0.4, -0.2) is 52.9 Å². The Morgan fingerprint density at radius 1 is 0.960 bits per heavy atom. The number of amides is 2. The fourth-order valence-electron chi connectivity index (χ4n) is 2.72. The lowest BCUT2D eigenvalue weighted by Crippen LogP contribution is -2.50. The third-order valence-corrected chi connectivity index (χ3v) is 4.11. The number of benzene rings is 1. The molecule has 0 unspecified atom stereocenters. The van der Waals surface area contributed by atoms with Crippen LogP contribution in [0.4, 0.5) is 5.95 Å². The number of nitrogens with zero attached hydrogens (tertiary/aromatic N) is 4. The molecule has 2 amide bonds. The Labute approximate surface area is 146 Å². The maximum absolute atomic E-state index is 12.3. The summed E-state index contributed by atoms with van der Waals surface area (Å²) in [5.41, 5.74) is 1.01. The molecular formula is C18H21N5O2. The van der Waals surface area contributed by atoms with Crippen LogP contribution in [0.2, 0.25) is 0 Å². The van der Waals surface area contributed by atoms with Gasteiger partial charge in [-0.3, -0.25) is 9.59 Å². The Morgan fingerprint density at radius 2 is 1.64 bits per heavy atom. The van der Waals surface area contributed by atoms with Crippen molar-refractivity contribution in [2.45, 2.75) is 13.0 Å². The van der Waals surface area contributed by atoms with E-state index in [4.69, 9.17) is 0 Å². The molecular weight excluding hydrogens is 318 g/mol. The van der Waals surface area contributed by atoms with E-state index in [1.165, 1.54) is 0 Å². The van der Waals surface area contributed by atoms with Gasteiger partial charge in [0.25, 0.3) is 0 Å². The second-order valence-electron chi connectivity index (χ2n) is 5.86. The Bertz CT molecular complexity index is 700. The molecule has 0 aliphatic carbocycles. The molecule has 0 saturated carbocycles. The number of piperazine rings is 1. The molecule has 7 nitrogen and oxygen atoms in total. The second kappa shape index (κ2) is 8.23. The molecule has 0 radical (unpaired) electrons. The van der Waals surface area contributed by atoms with Crippen LogP contribution in [-0.2, 0) is 16.1 Å². The average molecular weight is 339 g/mol. The molecule has 1 aliphatic heterocycles. The van der Waals surface area contributed by atoms with Gasteiger partial charge in [-0.25, -0.2) is 9.97 Å². The first kappa shape index (κ1) is 16.9. The molecule has 1 fully saturated rings. The first-order valence-corrected chi connectivity index (χ1v) is 8.33. The first-order valence-electron chi connectivity index (χ1n) is 8.33. The van der Waals surface area contributed by atoms with Gasteiger partial charge in [-0.05, 0) is 11.6 Å². The Hall–Kier alpha value is -2.96. The molecule has 0 atom stereocenters. The normalized spacial score (nSPS) is 14.2. The summed E-state index contributed by atoms with van der Waals surface area (Å²) in [4.78, 5) is 36.5. The third-order valence-electron chi connectivity index (χ3n) is 4.11. The minimum absolute atomic E-state index is 0.116. The molecule has 130 valence electrons. The molecule has 0 spiro atoms. The first-order chi connectivity index (χ1) is 12.2. The molecule has 1 aromatic carbocycles. The summed E-state index contributed by atoms with van der Waals surface area (Å²) in [7, 11) is 0. The summed E-state index contributed by atoms with van der Waals surface area (Å²) in [5.74, 6) is 0.289. The van der Waals surface area contributed by atoms with Gasteiger partial charge in [0.05, 0.1) is 0 Å². The van der Waals surface area contributed by atoms with Gasteiger partial charge < -0.3 is 15.1 Å². The molecule has 3 rings (SSSR count). The van der Waals surface area contributed by atoms with Crippen molar-refractivity contribution in [3.63, 3.8) is 0 Å². The lowest BCUT2D eigenvalue weighted by Gasteiger charge is -2.34. The van der Waals surface area contributed by atoms with E-state index in [1.807, 2.05) is 35.2 Å². The lowest BCUT2D eigenvalue weighted by molar-refractivity contribution is -0.136.